The summed E-state index contributed by atoms with van der Waals surface area (Å²) in [4.78, 5) is 1.60. The monoisotopic (exact) mass is 377 g/mol. The zero-order valence-corrected chi connectivity index (χ0v) is 16.7. The third kappa shape index (κ3) is 3.96. The number of hydrogen-bond donors (Lipinski definition) is 1. The van der Waals surface area contributed by atoms with Gasteiger partial charge < -0.3 is 9.84 Å². The summed E-state index contributed by atoms with van der Waals surface area (Å²) >= 11 is 0. The van der Waals surface area contributed by atoms with Crippen molar-refractivity contribution in [2.75, 3.05) is 6.61 Å². The highest BCUT2D eigenvalue weighted by Crippen LogP contribution is 2.47. The Morgan fingerprint density at radius 1 is 1.43 bits per heavy atom. The summed E-state index contributed by atoms with van der Waals surface area (Å²) in [6.45, 7) is 10.5. The first-order chi connectivity index (χ1) is 13.4. The van der Waals surface area contributed by atoms with Crippen LogP contribution in [0.5, 0.6) is 11.5 Å². The van der Waals surface area contributed by atoms with E-state index in [2.05, 4.69) is 35.7 Å². The van der Waals surface area contributed by atoms with Crippen molar-refractivity contribution in [3.05, 3.63) is 59.5 Å². The minimum absolute atomic E-state index is 0.00575. The van der Waals surface area contributed by atoms with Crippen molar-refractivity contribution in [2.24, 2.45) is 5.92 Å². The highest BCUT2D eigenvalue weighted by Gasteiger charge is 2.31. The Morgan fingerprint density at radius 2 is 2.14 bits per heavy atom. The van der Waals surface area contributed by atoms with E-state index in [1.165, 1.54) is 5.57 Å². The minimum Gasteiger partial charge on any atom is -0.507 e. The highest BCUT2D eigenvalue weighted by molar-refractivity contribution is 5.53. The molecule has 146 valence electrons. The molecule has 0 spiro atoms. The number of nitrogens with zero attached hydrogens (tertiary/aromatic N) is 3. The second-order valence-electron chi connectivity index (χ2n) is 7.50. The fourth-order valence-electron chi connectivity index (χ4n) is 3.91. The van der Waals surface area contributed by atoms with Gasteiger partial charge in [0.2, 0.25) is 0 Å². The molecule has 0 saturated heterocycles. The van der Waals surface area contributed by atoms with Crippen molar-refractivity contribution in [1.82, 2.24) is 15.0 Å². The van der Waals surface area contributed by atoms with Gasteiger partial charge in [0.15, 0.2) is 0 Å². The van der Waals surface area contributed by atoms with E-state index in [9.17, 15) is 5.11 Å². The summed E-state index contributed by atoms with van der Waals surface area (Å²) in [6, 6.07) is 3.57. The standard InChI is InChI=1S/C23H27N3O2/c1-6-11-28-22-14-18(17(5)26-24-9-10-25-26)13-21(27)23(22)20-12-16(4)7-8-19(20)15(2)3/h1,9-10,12-14,17,19-20,27H,2,7-8,11H2,3-5H3/t17?,19-,20+/m0/s1. The fourth-order valence-corrected chi connectivity index (χ4v) is 3.91. The Labute approximate surface area is 166 Å². The molecule has 3 rings (SSSR count). The lowest BCUT2D eigenvalue weighted by Crippen LogP contribution is -2.18. The van der Waals surface area contributed by atoms with Crippen LogP contribution in [0.4, 0.5) is 0 Å². The van der Waals surface area contributed by atoms with E-state index in [1.54, 1.807) is 23.3 Å². The summed E-state index contributed by atoms with van der Waals surface area (Å²) < 4.78 is 5.89. The molecular formula is C23H27N3O2. The van der Waals surface area contributed by atoms with Gasteiger partial charge in [0.25, 0.3) is 0 Å². The van der Waals surface area contributed by atoms with Crippen LogP contribution in [-0.2, 0) is 0 Å². The predicted molar refractivity (Wildman–Crippen MR) is 110 cm³/mol. The highest BCUT2D eigenvalue weighted by atomic mass is 16.5. The smallest absolute Gasteiger partial charge is 0.148 e. The Kier molecular flexibility index (Phi) is 5.89. The number of phenols is 1. The Hall–Kier alpha value is -3.00. The summed E-state index contributed by atoms with van der Waals surface area (Å²) in [5, 5.41) is 19.4. The van der Waals surface area contributed by atoms with E-state index in [-0.39, 0.29) is 30.2 Å². The van der Waals surface area contributed by atoms with Crippen LogP contribution in [0.3, 0.4) is 0 Å². The molecule has 1 N–H and O–H groups in total. The van der Waals surface area contributed by atoms with Crippen molar-refractivity contribution in [2.45, 2.75) is 45.6 Å². The molecule has 0 fully saturated rings. The third-order valence-electron chi connectivity index (χ3n) is 5.43. The number of phenolic OH excluding ortho intramolecular Hbond substituents is 1. The van der Waals surface area contributed by atoms with Crippen LogP contribution in [0, 0.1) is 18.3 Å². The van der Waals surface area contributed by atoms with Crippen molar-refractivity contribution in [1.29, 1.82) is 0 Å². The number of terminal acetylenes is 1. The van der Waals surface area contributed by atoms with Gasteiger partial charge in [-0.15, -0.1) is 6.42 Å². The van der Waals surface area contributed by atoms with Crippen molar-refractivity contribution in [3.63, 3.8) is 0 Å². The van der Waals surface area contributed by atoms with Gasteiger partial charge in [0.1, 0.15) is 18.1 Å². The first kappa shape index (κ1) is 19.8. The molecule has 2 aromatic rings. The van der Waals surface area contributed by atoms with Crippen LogP contribution in [0.1, 0.15) is 56.7 Å². The number of ether oxygens (including phenoxy) is 1. The van der Waals surface area contributed by atoms with Gasteiger partial charge in [-0.25, -0.2) is 0 Å². The van der Waals surface area contributed by atoms with E-state index in [0.29, 0.717) is 5.75 Å². The molecule has 28 heavy (non-hydrogen) atoms. The van der Waals surface area contributed by atoms with Gasteiger partial charge in [-0.05, 0) is 57.2 Å². The van der Waals surface area contributed by atoms with E-state index in [0.717, 1.165) is 29.5 Å². The number of allylic oxidation sites excluding steroid dienone is 3. The molecule has 1 aliphatic carbocycles. The maximum atomic E-state index is 11.0. The fraction of sp³-hybridized carbons (Fsp3) is 0.391. The summed E-state index contributed by atoms with van der Waals surface area (Å²) in [6.07, 6.45) is 13.0. The number of rotatable bonds is 6. The van der Waals surface area contributed by atoms with Gasteiger partial charge in [-0.2, -0.15) is 15.0 Å². The lowest BCUT2D eigenvalue weighted by molar-refractivity contribution is 0.349. The normalized spacial score (nSPS) is 20.1. The van der Waals surface area contributed by atoms with Gasteiger partial charge >= 0.3 is 0 Å². The van der Waals surface area contributed by atoms with E-state index >= 15 is 0 Å². The molecule has 1 aromatic carbocycles. The lowest BCUT2D eigenvalue weighted by Gasteiger charge is -2.32. The third-order valence-corrected chi connectivity index (χ3v) is 5.43. The van der Waals surface area contributed by atoms with Crippen molar-refractivity contribution in [3.8, 4) is 23.8 Å². The van der Waals surface area contributed by atoms with E-state index < -0.39 is 0 Å². The maximum absolute atomic E-state index is 11.0. The van der Waals surface area contributed by atoms with Crippen LogP contribution in [-0.4, -0.2) is 26.7 Å². The van der Waals surface area contributed by atoms with Gasteiger partial charge in [-0.1, -0.05) is 29.7 Å². The van der Waals surface area contributed by atoms with Crippen LogP contribution in [0.2, 0.25) is 0 Å². The van der Waals surface area contributed by atoms with Crippen LogP contribution < -0.4 is 4.74 Å². The minimum atomic E-state index is -0.149. The molecule has 1 aliphatic rings. The summed E-state index contributed by atoms with van der Waals surface area (Å²) in [7, 11) is 0. The molecule has 3 atom stereocenters. The Balaban J connectivity index is 2.10. The predicted octanol–water partition coefficient (Wildman–Crippen LogP) is 4.62. The van der Waals surface area contributed by atoms with Gasteiger partial charge in [-0.3, -0.25) is 0 Å². The summed E-state index contributed by atoms with van der Waals surface area (Å²) in [5.41, 5.74) is 4.04. The first-order valence-corrected chi connectivity index (χ1v) is 9.54. The number of aromatic hydroxyl groups is 1. The molecule has 1 aromatic heterocycles. The van der Waals surface area contributed by atoms with Crippen molar-refractivity contribution < 1.29 is 9.84 Å². The second-order valence-corrected chi connectivity index (χ2v) is 7.50. The molecule has 1 heterocycles. The Morgan fingerprint density at radius 3 is 2.79 bits per heavy atom. The molecule has 0 radical (unpaired) electrons. The van der Waals surface area contributed by atoms with Crippen LogP contribution >= 0.6 is 0 Å². The topological polar surface area (TPSA) is 60.2 Å². The molecule has 0 saturated carbocycles. The molecule has 0 bridgehead atoms. The zero-order chi connectivity index (χ0) is 20.3. The molecule has 0 aliphatic heterocycles. The van der Waals surface area contributed by atoms with Crippen LogP contribution in [0.25, 0.3) is 0 Å². The van der Waals surface area contributed by atoms with Gasteiger partial charge in [0, 0.05) is 11.5 Å². The van der Waals surface area contributed by atoms with Gasteiger partial charge in [0.05, 0.1) is 18.4 Å². The Bertz CT molecular complexity index is 922. The molecule has 5 nitrogen and oxygen atoms in total. The molecule has 5 heteroatoms. The summed E-state index contributed by atoms with van der Waals surface area (Å²) in [5.74, 6) is 3.58. The lowest BCUT2D eigenvalue weighted by atomic mass is 9.73. The number of hydrogen-bond acceptors (Lipinski definition) is 4. The molecule has 1 unspecified atom stereocenters. The molecule has 0 amide bonds. The quantitative estimate of drug-likeness (QED) is 0.589. The average molecular weight is 377 g/mol. The first-order valence-electron chi connectivity index (χ1n) is 9.54. The zero-order valence-electron chi connectivity index (χ0n) is 16.7. The van der Waals surface area contributed by atoms with E-state index in [4.69, 9.17) is 11.2 Å². The molecular weight excluding hydrogens is 350 g/mol. The van der Waals surface area contributed by atoms with Crippen molar-refractivity contribution >= 4 is 0 Å². The maximum Gasteiger partial charge on any atom is 0.148 e. The number of aromatic nitrogens is 3. The second kappa shape index (κ2) is 8.35. The SMILES string of the molecule is C#CCOc1cc(C(C)n2nccn2)cc(O)c1[C@@H]1C=C(C)CC[C@H]1C(=C)C. The van der Waals surface area contributed by atoms with E-state index in [1.807, 2.05) is 19.9 Å². The van der Waals surface area contributed by atoms with Crippen LogP contribution in [0.15, 0.2) is 48.3 Å². The largest absolute Gasteiger partial charge is 0.507 e. The average Bonchev–Trinajstić information content (AvgIpc) is 3.19. The number of benzene rings is 1.